The van der Waals surface area contributed by atoms with Gasteiger partial charge in [0.15, 0.2) is 11.5 Å². The van der Waals surface area contributed by atoms with Gasteiger partial charge in [-0.25, -0.2) is 0 Å². The quantitative estimate of drug-likeness (QED) is 0.312. The predicted molar refractivity (Wildman–Crippen MR) is 132 cm³/mol. The van der Waals surface area contributed by atoms with Gasteiger partial charge in [-0.2, -0.15) is 0 Å². The molecule has 0 spiro atoms. The van der Waals surface area contributed by atoms with Gasteiger partial charge in [-0.05, 0) is 56.7 Å². The van der Waals surface area contributed by atoms with E-state index in [0.717, 1.165) is 32.1 Å². The maximum absolute atomic E-state index is 12.5. The molecule has 200 valence electrons. The minimum atomic E-state index is -0.991. The van der Waals surface area contributed by atoms with E-state index < -0.39 is 30.1 Å². The Labute approximate surface area is 213 Å². The number of benzene rings is 1. The third-order valence-corrected chi connectivity index (χ3v) is 5.84. The molecular weight excluding hydrogens is 466 g/mol. The molecular formula is C27H39NO8. The van der Waals surface area contributed by atoms with Crippen LogP contribution in [0.4, 0.5) is 0 Å². The van der Waals surface area contributed by atoms with Crippen molar-refractivity contribution in [3.05, 3.63) is 23.8 Å². The van der Waals surface area contributed by atoms with Crippen LogP contribution in [0.25, 0.3) is 0 Å². The molecule has 0 heterocycles. The van der Waals surface area contributed by atoms with Crippen molar-refractivity contribution in [3.8, 4) is 11.5 Å². The van der Waals surface area contributed by atoms with Crippen LogP contribution in [0, 0.1) is 5.92 Å². The van der Waals surface area contributed by atoms with E-state index in [1.165, 1.54) is 12.1 Å². The van der Waals surface area contributed by atoms with Crippen LogP contribution in [0.2, 0.25) is 0 Å². The molecule has 1 aromatic carbocycles. The van der Waals surface area contributed by atoms with E-state index in [1.54, 1.807) is 13.0 Å². The Morgan fingerprint density at radius 2 is 1.56 bits per heavy atom. The Morgan fingerprint density at radius 1 is 0.944 bits per heavy atom. The maximum atomic E-state index is 12.5. The number of esters is 4. The second-order valence-corrected chi connectivity index (χ2v) is 9.25. The van der Waals surface area contributed by atoms with E-state index >= 15 is 0 Å². The van der Waals surface area contributed by atoms with Crippen molar-refractivity contribution in [2.75, 3.05) is 6.61 Å². The number of rotatable bonds is 13. The highest BCUT2D eigenvalue weighted by molar-refractivity contribution is 5.77. The molecule has 36 heavy (non-hydrogen) atoms. The fraction of sp³-hybridized carbons (Fsp3) is 0.630. The first kappa shape index (κ1) is 29.3. The highest BCUT2D eigenvalue weighted by Gasteiger charge is 2.25. The van der Waals surface area contributed by atoms with Crippen molar-refractivity contribution in [1.29, 1.82) is 0 Å². The van der Waals surface area contributed by atoms with Gasteiger partial charge in [-0.1, -0.05) is 39.2 Å². The molecule has 0 bridgehead atoms. The largest absolute Gasteiger partial charge is 0.462 e. The minimum Gasteiger partial charge on any atom is -0.462 e. The molecule has 1 aromatic rings. The van der Waals surface area contributed by atoms with Crippen molar-refractivity contribution < 1.29 is 38.1 Å². The molecule has 0 aromatic heterocycles. The number of carbonyl (C=O) groups excluding carboxylic acids is 4. The van der Waals surface area contributed by atoms with E-state index in [2.05, 4.69) is 0 Å². The van der Waals surface area contributed by atoms with Gasteiger partial charge in [0, 0.05) is 12.8 Å². The summed E-state index contributed by atoms with van der Waals surface area (Å²) in [5, 5.41) is 0. The van der Waals surface area contributed by atoms with Crippen molar-refractivity contribution >= 4 is 23.9 Å². The summed E-state index contributed by atoms with van der Waals surface area (Å²) < 4.78 is 21.4. The summed E-state index contributed by atoms with van der Waals surface area (Å²) in [7, 11) is 0. The lowest BCUT2D eigenvalue weighted by molar-refractivity contribution is -0.161. The molecule has 1 fully saturated rings. The lowest BCUT2D eigenvalue weighted by Crippen LogP contribution is -2.37. The molecule has 0 unspecified atom stereocenters. The van der Waals surface area contributed by atoms with Crippen LogP contribution in [0.3, 0.4) is 0 Å². The van der Waals surface area contributed by atoms with Crippen molar-refractivity contribution in [3.63, 3.8) is 0 Å². The summed E-state index contributed by atoms with van der Waals surface area (Å²) in [6, 6.07) is 3.70. The smallest absolute Gasteiger partial charge is 0.323 e. The zero-order chi connectivity index (χ0) is 26.5. The van der Waals surface area contributed by atoms with Crippen LogP contribution in [0.5, 0.6) is 11.5 Å². The summed E-state index contributed by atoms with van der Waals surface area (Å²) in [4.78, 5) is 48.7. The lowest BCUT2D eigenvalue weighted by Gasteiger charge is -2.22. The second kappa shape index (κ2) is 15.2. The van der Waals surface area contributed by atoms with Crippen LogP contribution in [0.15, 0.2) is 18.2 Å². The standard InChI is InChI=1S/C27H39NO8/c1-4-9-24(29)35-22-14-13-19(16-23(22)36-25(30)10-5-2)15-21(28)27(32)34-18(3)17-33-26(31)20-11-7-6-8-12-20/h13-14,16,18,20-21H,4-12,15,17,28H2,1-3H3/t18-,21-/m0/s1. The predicted octanol–water partition coefficient (Wildman–Crippen LogP) is 4.02. The lowest BCUT2D eigenvalue weighted by atomic mass is 9.89. The van der Waals surface area contributed by atoms with Gasteiger partial charge in [-0.3, -0.25) is 19.2 Å². The van der Waals surface area contributed by atoms with Crippen molar-refractivity contribution in [2.45, 2.75) is 97.1 Å². The second-order valence-electron chi connectivity index (χ2n) is 9.25. The third-order valence-electron chi connectivity index (χ3n) is 5.84. The number of hydrogen-bond acceptors (Lipinski definition) is 9. The average molecular weight is 506 g/mol. The van der Waals surface area contributed by atoms with Crippen molar-refractivity contribution in [2.24, 2.45) is 11.7 Å². The summed E-state index contributed by atoms with van der Waals surface area (Å²) >= 11 is 0. The van der Waals surface area contributed by atoms with E-state index in [0.29, 0.717) is 18.4 Å². The van der Waals surface area contributed by atoms with Gasteiger partial charge in [0.05, 0.1) is 5.92 Å². The number of hydrogen-bond donors (Lipinski definition) is 1. The first-order valence-electron chi connectivity index (χ1n) is 12.9. The fourth-order valence-corrected chi connectivity index (χ4v) is 3.91. The molecule has 1 saturated carbocycles. The Balaban J connectivity index is 1.94. The van der Waals surface area contributed by atoms with Crippen LogP contribution in [0.1, 0.15) is 84.1 Å². The van der Waals surface area contributed by atoms with Crippen molar-refractivity contribution in [1.82, 2.24) is 0 Å². The maximum Gasteiger partial charge on any atom is 0.323 e. The number of carbonyl (C=O) groups is 4. The SMILES string of the molecule is CCCC(=O)Oc1ccc(C[C@H](N)C(=O)O[C@@H](C)COC(=O)C2CCCCC2)cc1OC(=O)CCC. The molecule has 0 saturated heterocycles. The Morgan fingerprint density at radius 3 is 2.17 bits per heavy atom. The molecule has 2 rings (SSSR count). The van der Waals surface area contributed by atoms with Crippen LogP contribution >= 0.6 is 0 Å². The molecule has 9 nitrogen and oxygen atoms in total. The molecule has 0 radical (unpaired) electrons. The highest BCUT2D eigenvalue weighted by Crippen LogP contribution is 2.30. The van der Waals surface area contributed by atoms with Crippen LogP contribution in [-0.2, 0) is 35.1 Å². The third kappa shape index (κ3) is 9.97. The summed E-state index contributed by atoms with van der Waals surface area (Å²) in [6.07, 6.45) is 6.01. The van der Waals surface area contributed by atoms with E-state index in [-0.39, 0.29) is 49.3 Å². The van der Waals surface area contributed by atoms with Gasteiger partial charge in [0.1, 0.15) is 18.8 Å². The van der Waals surface area contributed by atoms with Gasteiger partial charge in [-0.15, -0.1) is 0 Å². The van der Waals surface area contributed by atoms with E-state index in [4.69, 9.17) is 24.7 Å². The van der Waals surface area contributed by atoms with E-state index in [9.17, 15) is 19.2 Å². The van der Waals surface area contributed by atoms with Gasteiger partial charge >= 0.3 is 23.9 Å². The Bertz CT molecular complexity index is 894. The molecule has 1 aliphatic rings. The summed E-state index contributed by atoms with van der Waals surface area (Å²) in [6.45, 7) is 5.32. The summed E-state index contributed by atoms with van der Waals surface area (Å²) in [5.74, 6) is -1.62. The first-order valence-corrected chi connectivity index (χ1v) is 12.9. The monoisotopic (exact) mass is 505 g/mol. The first-order chi connectivity index (χ1) is 17.2. The average Bonchev–Trinajstić information content (AvgIpc) is 2.85. The van der Waals surface area contributed by atoms with Crippen LogP contribution < -0.4 is 15.2 Å². The number of ether oxygens (including phenoxy) is 4. The molecule has 0 amide bonds. The van der Waals surface area contributed by atoms with Crippen LogP contribution in [-0.4, -0.2) is 42.6 Å². The minimum absolute atomic E-state index is 0.0247. The number of nitrogens with two attached hydrogens (primary N) is 1. The fourth-order valence-electron chi connectivity index (χ4n) is 3.91. The van der Waals surface area contributed by atoms with Gasteiger partial charge < -0.3 is 24.7 Å². The normalized spacial score (nSPS) is 15.4. The Hall–Kier alpha value is -2.94. The van der Waals surface area contributed by atoms with E-state index in [1.807, 2.05) is 13.8 Å². The van der Waals surface area contributed by atoms with Gasteiger partial charge in [0.25, 0.3) is 0 Å². The highest BCUT2D eigenvalue weighted by atomic mass is 16.6. The van der Waals surface area contributed by atoms with Gasteiger partial charge in [0.2, 0.25) is 0 Å². The topological polar surface area (TPSA) is 131 Å². The molecule has 1 aliphatic carbocycles. The zero-order valence-electron chi connectivity index (χ0n) is 21.6. The Kier molecular flexibility index (Phi) is 12.4. The zero-order valence-corrected chi connectivity index (χ0v) is 21.6. The molecule has 2 N–H and O–H groups in total. The molecule has 9 heteroatoms. The molecule has 0 aliphatic heterocycles. The summed E-state index contributed by atoms with van der Waals surface area (Å²) in [5.41, 5.74) is 6.65. The molecule has 2 atom stereocenters.